The molecule has 1 aromatic rings. The van der Waals surface area contributed by atoms with Gasteiger partial charge in [0.15, 0.2) is 5.84 Å². The largest absolute Gasteiger partial charge is 0.409 e. The average Bonchev–Trinajstić information content (AvgIpc) is 2.46. The molecule has 0 aliphatic carbocycles. The Balaban J connectivity index is 2.47. The lowest BCUT2D eigenvalue weighted by atomic mass is 9.90. The van der Waals surface area contributed by atoms with Crippen molar-refractivity contribution in [1.82, 2.24) is 5.32 Å². The number of amidine groups is 1. The molecule has 0 spiro atoms. The first-order valence-corrected chi connectivity index (χ1v) is 6.70. The minimum absolute atomic E-state index is 0.0916. The summed E-state index contributed by atoms with van der Waals surface area (Å²) in [6.45, 7) is 5.92. The Kier molecular flexibility index (Phi) is 5.55. The number of nitrogens with two attached hydrogens (primary N) is 1. The van der Waals surface area contributed by atoms with E-state index in [1.54, 1.807) is 13.8 Å². The number of oxime groups is 1. The highest BCUT2D eigenvalue weighted by Crippen LogP contribution is 2.19. The van der Waals surface area contributed by atoms with Crippen LogP contribution in [0, 0.1) is 5.41 Å². The van der Waals surface area contributed by atoms with Crippen molar-refractivity contribution >= 4 is 11.7 Å². The van der Waals surface area contributed by atoms with Gasteiger partial charge in [-0.3, -0.25) is 4.79 Å². The minimum Gasteiger partial charge on any atom is -0.409 e. The maximum atomic E-state index is 12.0. The highest BCUT2D eigenvalue weighted by Gasteiger charge is 2.32. The predicted molar refractivity (Wildman–Crippen MR) is 79.7 cm³/mol. The second-order valence-electron chi connectivity index (χ2n) is 5.47. The summed E-state index contributed by atoms with van der Waals surface area (Å²) >= 11 is 0. The van der Waals surface area contributed by atoms with Crippen LogP contribution in [0.5, 0.6) is 0 Å². The van der Waals surface area contributed by atoms with Crippen LogP contribution in [0.1, 0.15) is 38.7 Å². The molecule has 0 saturated carbocycles. The van der Waals surface area contributed by atoms with Gasteiger partial charge in [-0.25, -0.2) is 0 Å². The van der Waals surface area contributed by atoms with Crippen LogP contribution in [0.3, 0.4) is 0 Å². The smallest absolute Gasteiger partial charge is 0.233 e. The number of hydrogen-bond acceptors (Lipinski definition) is 3. The van der Waals surface area contributed by atoms with Crippen molar-refractivity contribution in [2.24, 2.45) is 16.3 Å². The molecule has 1 amide bonds. The summed E-state index contributed by atoms with van der Waals surface area (Å²) in [6.07, 6.45) is 0.835. The van der Waals surface area contributed by atoms with Crippen LogP contribution in [0.25, 0.3) is 0 Å². The van der Waals surface area contributed by atoms with Gasteiger partial charge in [0.2, 0.25) is 5.91 Å². The first-order chi connectivity index (χ1) is 9.39. The van der Waals surface area contributed by atoms with Gasteiger partial charge >= 0.3 is 0 Å². The number of benzene rings is 1. The molecular formula is C15H23N3O2. The third-order valence-electron chi connectivity index (χ3n) is 3.55. The maximum absolute atomic E-state index is 12.0. The summed E-state index contributed by atoms with van der Waals surface area (Å²) in [5, 5.41) is 14.4. The van der Waals surface area contributed by atoms with Gasteiger partial charge < -0.3 is 16.3 Å². The minimum atomic E-state index is -1.01. The Morgan fingerprint density at radius 1 is 1.40 bits per heavy atom. The summed E-state index contributed by atoms with van der Waals surface area (Å²) in [4.78, 5) is 12.0. The lowest BCUT2D eigenvalue weighted by Gasteiger charge is -2.22. The Hall–Kier alpha value is -2.04. The van der Waals surface area contributed by atoms with Crippen molar-refractivity contribution in [2.45, 2.75) is 33.1 Å². The van der Waals surface area contributed by atoms with E-state index < -0.39 is 5.41 Å². The fraction of sp³-hybridized carbons (Fsp3) is 0.467. The molecule has 5 heteroatoms. The van der Waals surface area contributed by atoms with E-state index >= 15 is 0 Å². The fourth-order valence-electron chi connectivity index (χ4n) is 1.81. The van der Waals surface area contributed by atoms with E-state index in [9.17, 15) is 4.79 Å². The van der Waals surface area contributed by atoms with E-state index in [1.807, 2.05) is 18.2 Å². The summed E-state index contributed by atoms with van der Waals surface area (Å²) in [7, 11) is 0. The zero-order valence-electron chi connectivity index (χ0n) is 12.3. The second kappa shape index (κ2) is 6.93. The third-order valence-corrected chi connectivity index (χ3v) is 3.55. The van der Waals surface area contributed by atoms with Crippen LogP contribution >= 0.6 is 0 Å². The third kappa shape index (κ3) is 3.98. The van der Waals surface area contributed by atoms with Gasteiger partial charge in [0.25, 0.3) is 0 Å². The monoisotopic (exact) mass is 277 g/mol. The number of carbonyl (C=O) groups excluding carboxylic acids is 1. The highest BCUT2D eigenvalue weighted by molar-refractivity contribution is 6.05. The van der Waals surface area contributed by atoms with E-state index in [4.69, 9.17) is 10.9 Å². The molecule has 1 atom stereocenters. The van der Waals surface area contributed by atoms with Crippen LogP contribution in [-0.4, -0.2) is 23.5 Å². The van der Waals surface area contributed by atoms with Gasteiger partial charge in [0, 0.05) is 6.54 Å². The number of amides is 1. The summed E-state index contributed by atoms with van der Waals surface area (Å²) in [5.41, 5.74) is 5.75. The molecule has 0 saturated heterocycles. The molecule has 0 heterocycles. The Morgan fingerprint density at radius 3 is 2.55 bits per heavy atom. The van der Waals surface area contributed by atoms with Crippen molar-refractivity contribution in [3.8, 4) is 0 Å². The molecule has 20 heavy (non-hydrogen) atoms. The summed E-state index contributed by atoms with van der Waals surface area (Å²) in [5.74, 6) is 0.0302. The lowest BCUT2D eigenvalue weighted by Crippen LogP contribution is -2.46. The van der Waals surface area contributed by atoms with Crippen molar-refractivity contribution in [1.29, 1.82) is 0 Å². The van der Waals surface area contributed by atoms with Crippen molar-refractivity contribution in [3.63, 3.8) is 0 Å². The molecule has 4 N–H and O–H groups in total. The lowest BCUT2D eigenvalue weighted by molar-refractivity contribution is -0.126. The van der Waals surface area contributed by atoms with Gasteiger partial charge in [-0.2, -0.15) is 0 Å². The molecule has 1 rings (SSSR count). The van der Waals surface area contributed by atoms with E-state index in [0.717, 1.165) is 6.42 Å². The van der Waals surface area contributed by atoms with Crippen molar-refractivity contribution in [3.05, 3.63) is 35.9 Å². The van der Waals surface area contributed by atoms with E-state index in [1.165, 1.54) is 5.56 Å². The number of hydrogen-bond donors (Lipinski definition) is 3. The van der Waals surface area contributed by atoms with Gasteiger partial charge in [0.1, 0.15) is 5.41 Å². The molecule has 1 aromatic carbocycles. The normalized spacial score (nSPS) is 13.8. The number of carbonyl (C=O) groups is 1. The average molecular weight is 277 g/mol. The van der Waals surface area contributed by atoms with Crippen LogP contribution < -0.4 is 11.1 Å². The Labute approximate surface area is 119 Å². The summed E-state index contributed by atoms with van der Waals surface area (Å²) in [6, 6.07) is 10.1. The molecule has 0 radical (unpaired) electrons. The molecule has 5 nitrogen and oxygen atoms in total. The predicted octanol–water partition coefficient (Wildman–Crippen LogP) is 2.07. The second-order valence-corrected chi connectivity index (χ2v) is 5.47. The first-order valence-electron chi connectivity index (χ1n) is 6.70. The topological polar surface area (TPSA) is 87.7 Å². The molecule has 0 fully saturated rings. The molecule has 0 aliphatic rings. The van der Waals surface area contributed by atoms with Crippen LogP contribution in [0.15, 0.2) is 35.5 Å². The van der Waals surface area contributed by atoms with Crippen molar-refractivity contribution in [2.75, 3.05) is 6.54 Å². The number of nitrogens with one attached hydrogen (secondary N) is 1. The van der Waals surface area contributed by atoms with Crippen LogP contribution in [-0.2, 0) is 4.79 Å². The first kappa shape index (κ1) is 16.0. The van der Waals surface area contributed by atoms with Gasteiger partial charge in [-0.15, -0.1) is 0 Å². The molecule has 1 unspecified atom stereocenters. The molecular weight excluding hydrogens is 254 g/mol. The molecule has 0 aromatic heterocycles. The Bertz CT molecular complexity index is 469. The maximum Gasteiger partial charge on any atom is 0.233 e. The quantitative estimate of drug-likeness (QED) is 0.322. The number of nitrogens with zero attached hydrogens (tertiary/aromatic N) is 1. The summed E-state index contributed by atoms with van der Waals surface area (Å²) < 4.78 is 0. The van der Waals surface area contributed by atoms with E-state index in [2.05, 4.69) is 29.5 Å². The van der Waals surface area contributed by atoms with E-state index in [0.29, 0.717) is 12.5 Å². The standard InChI is InChI=1S/C15H23N3O2/c1-11(12-7-5-4-6-8-12)9-10-17-14(19)15(2,3)13(16)18-20/h4-8,11,20H,9-10H2,1-3H3,(H2,16,18)(H,17,19). The van der Waals surface area contributed by atoms with E-state index in [-0.39, 0.29) is 11.7 Å². The fourth-order valence-corrected chi connectivity index (χ4v) is 1.81. The zero-order valence-corrected chi connectivity index (χ0v) is 12.3. The van der Waals surface area contributed by atoms with Crippen molar-refractivity contribution < 1.29 is 10.0 Å². The zero-order chi connectivity index (χ0) is 15.2. The SMILES string of the molecule is CC(CCNC(=O)C(C)(C)C(N)=NO)c1ccccc1. The van der Waals surface area contributed by atoms with Gasteiger partial charge in [-0.1, -0.05) is 42.4 Å². The van der Waals surface area contributed by atoms with Gasteiger partial charge in [0.05, 0.1) is 0 Å². The molecule has 110 valence electrons. The molecule has 0 bridgehead atoms. The number of rotatable bonds is 6. The van der Waals surface area contributed by atoms with Crippen LogP contribution in [0.4, 0.5) is 0 Å². The Morgan fingerprint density at radius 2 is 2.00 bits per heavy atom. The molecule has 0 aliphatic heterocycles. The van der Waals surface area contributed by atoms with Crippen LogP contribution in [0.2, 0.25) is 0 Å². The van der Waals surface area contributed by atoms with Gasteiger partial charge in [-0.05, 0) is 31.7 Å². The highest BCUT2D eigenvalue weighted by atomic mass is 16.4.